The first-order valence-electron chi connectivity index (χ1n) is 16.8. The van der Waals surface area contributed by atoms with Crippen molar-refractivity contribution in [2.75, 3.05) is 0 Å². The standard InChI is InChI=1S/C44H33F3N4/c1-28-14-24-38-36(26-28)37-27-29(2)15-25-39(37)51(38)35-22-20-34(21-23-35)43(3,44(45,46)47)33-18-16-32(17-19-33)42-49-40(30-10-6-4-7-11-30)48-41(50-42)31-12-8-5-9-13-31/h4-27H,1-3H3. The van der Waals surface area contributed by atoms with E-state index in [0.717, 1.165) is 49.7 Å². The SMILES string of the molecule is Cc1ccc2c(c1)c1cc(C)ccc1n2-c1ccc(C(C)(c2ccc(-c3nc(-c4ccccc4)nc(-c4ccccc4)n3)cc2)C(F)(F)F)cc1. The van der Waals surface area contributed by atoms with Crippen molar-refractivity contribution in [3.05, 3.63) is 168 Å². The van der Waals surface area contributed by atoms with Crippen LogP contribution in [0.5, 0.6) is 0 Å². The fraction of sp³-hybridized carbons (Fsp3) is 0.114. The summed E-state index contributed by atoms with van der Waals surface area (Å²) in [7, 11) is 0. The number of hydrogen-bond acceptors (Lipinski definition) is 3. The van der Waals surface area contributed by atoms with Crippen molar-refractivity contribution in [3.8, 4) is 39.9 Å². The molecule has 0 aliphatic heterocycles. The number of halogens is 3. The van der Waals surface area contributed by atoms with Crippen LogP contribution in [0.1, 0.15) is 29.2 Å². The van der Waals surface area contributed by atoms with Crippen LogP contribution in [0, 0.1) is 13.8 Å². The van der Waals surface area contributed by atoms with Gasteiger partial charge in [-0.1, -0.05) is 120 Å². The lowest BCUT2D eigenvalue weighted by Crippen LogP contribution is -2.40. The summed E-state index contributed by atoms with van der Waals surface area (Å²) in [5.74, 6) is 1.35. The highest BCUT2D eigenvalue weighted by Gasteiger charge is 2.53. The Morgan fingerprint density at radius 1 is 0.471 bits per heavy atom. The second-order valence-corrected chi connectivity index (χ2v) is 13.2. The number of rotatable bonds is 6. The molecule has 51 heavy (non-hydrogen) atoms. The van der Waals surface area contributed by atoms with Gasteiger partial charge in [-0.05, 0) is 68.3 Å². The monoisotopic (exact) mass is 674 g/mol. The van der Waals surface area contributed by atoms with Crippen molar-refractivity contribution >= 4 is 21.8 Å². The Morgan fingerprint density at radius 2 is 0.863 bits per heavy atom. The van der Waals surface area contributed by atoms with Gasteiger partial charge in [0, 0.05) is 33.2 Å². The molecule has 0 aliphatic carbocycles. The van der Waals surface area contributed by atoms with Crippen molar-refractivity contribution in [2.45, 2.75) is 32.4 Å². The smallest absolute Gasteiger partial charge is 0.309 e. The van der Waals surface area contributed by atoms with Gasteiger partial charge < -0.3 is 4.57 Å². The molecule has 8 rings (SSSR count). The van der Waals surface area contributed by atoms with Gasteiger partial charge in [-0.3, -0.25) is 0 Å². The molecule has 0 bridgehead atoms. The van der Waals surface area contributed by atoms with Crippen LogP contribution in [0.25, 0.3) is 61.7 Å². The largest absolute Gasteiger partial charge is 0.402 e. The summed E-state index contributed by atoms with van der Waals surface area (Å²) in [6.45, 7) is 5.37. The van der Waals surface area contributed by atoms with Crippen molar-refractivity contribution in [3.63, 3.8) is 0 Å². The fourth-order valence-electron chi connectivity index (χ4n) is 6.86. The highest BCUT2D eigenvalue weighted by molar-refractivity contribution is 6.09. The van der Waals surface area contributed by atoms with E-state index in [1.54, 1.807) is 36.4 Å². The van der Waals surface area contributed by atoms with E-state index in [2.05, 4.69) is 54.8 Å². The van der Waals surface area contributed by atoms with Crippen LogP contribution >= 0.6 is 0 Å². The minimum absolute atomic E-state index is 0.120. The van der Waals surface area contributed by atoms with Gasteiger partial charge in [0.2, 0.25) is 0 Å². The summed E-state index contributed by atoms with van der Waals surface area (Å²) in [6, 6.07) is 44.9. The van der Waals surface area contributed by atoms with Crippen molar-refractivity contribution in [2.24, 2.45) is 0 Å². The van der Waals surface area contributed by atoms with Gasteiger partial charge >= 0.3 is 6.18 Å². The lowest BCUT2D eigenvalue weighted by Gasteiger charge is -2.33. The van der Waals surface area contributed by atoms with Gasteiger partial charge in [0.1, 0.15) is 5.41 Å². The van der Waals surface area contributed by atoms with Crippen LogP contribution in [0.2, 0.25) is 0 Å². The molecule has 6 aromatic carbocycles. The second-order valence-electron chi connectivity index (χ2n) is 13.2. The van der Waals surface area contributed by atoms with Crippen molar-refractivity contribution < 1.29 is 13.2 Å². The average Bonchev–Trinajstić information content (AvgIpc) is 3.47. The maximum atomic E-state index is 15.2. The lowest BCUT2D eigenvalue weighted by atomic mass is 9.75. The van der Waals surface area contributed by atoms with Gasteiger partial charge in [0.15, 0.2) is 17.5 Å². The Labute approximate surface area is 293 Å². The zero-order valence-electron chi connectivity index (χ0n) is 28.3. The lowest BCUT2D eigenvalue weighted by molar-refractivity contribution is -0.173. The van der Waals surface area contributed by atoms with E-state index in [9.17, 15) is 0 Å². The van der Waals surface area contributed by atoms with Crippen LogP contribution in [0.4, 0.5) is 13.2 Å². The maximum absolute atomic E-state index is 15.2. The van der Waals surface area contributed by atoms with Crippen molar-refractivity contribution in [1.82, 2.24) is 19.5 Å². The molecule has 250 valence electrons. The van der Waals surface area contributed by atoms with Crippen LogP contribution in [0.15, 0.2) is 146 Å². The molecule has 1 unspecified atom stereocenters. The molecule has 0 saturated carbocycles. The Kier molecular flexibility index (Phi) is 7.79. The summed E-state index contributed by atoms with van der Waals surface area (Å²) in [6.07, 6.45) is -4.58. The minimum Gasteiger partial charge on any atom is -0.309 e. The van der Waals surface area contributed by atoms with Gasteiger partial charge in [-0.2, -0.15) is 13.2 Å². The van der Waals surface area contributed by atoms with Crippen LogP contribution < -0.4 is 0 Å². The molecule has 2 aromatic heterocycles. The molecule has 4 nitrogen and oxygen atoms in total. The molecule has 0 spiro atoms. The van der Waals surface area contributed by atoms with E-state index in [0.29, 0.717) is 23.0 Å². The molecule has 0 aliphatic rings. The highest BCUT2D eigenvalue weighted by Crippen LogP contribution is 2.47. The van der Waals surface area contributed by atoms with Crippen LogP contribution in [-0.4, -0.2) is 25.7 Å². The number of aryl methyl sites for hydroxylation is 2. The Bertz CT molecular complexity index is 2410. The molecule has 1 atom stereocenters. The first-order valence-corrected chi connectivity index (χ1v) is 16.8. The quantitative estimate of drug-likeness (QED) is 0.176. The van der Waals surface area contributed by atoms with E-state index < -0.39 is 11.6 Å². The predicted octanol–water partition coefficient (Wildman–Crippen LogP) is 11.5. The molecule has 8 aromatic rings. The van der Waals surface area contributed by atoms with Gasteiger partial charge in [0.25, 0.3) is 0 Å². The first-order chi connectivity index (χ1) is 24.6. The Hall–Kier alpha value is -6.08. The number of aromatic nitrogens is 4. The number of fused-ring (bicyclic) bond motifs is 3. The number of alkyl halides is 3. The van der Waals surface area contributed by atoms with Crippen LogP contribution in [0.3, 0.4) is 0 Å². The van der Waals surface area contributed by atoms with Crippen molar-refractivity contribution in [1.29, 1.82) is 0 Å². The highest BCUT2D eigenvalue weighted by atomic mass is 19.4. The summed E-state index contributed by atoms with van der Waals surface area (Å²) in [5, 5.41) is 2.23. The average molecular weight is 675 g/mol. The van der Waals surface area contributed by atoms with Gasteiger partial charge in [-0.25, -0.2) is 15.0 Å². The van der Waals surface area contributed by atoms with Gasteiger partial charge in [-0.15, -0.1) is 0 Å². The third kappa shape index (κ3) is 5.65. The van der Waals surface area contributed by atoms with Gasteiger partial charge in [0.05, 0.1) is 11.0 Å². The minimum atomic E-state index is -4.58. The number of hydrogen-bond donors (Lipinski definition) is 0. The van der Waals surface area contributed by atoms with E-state index in [4.69, 9.17) is 15.0 Å². The zero-order valence-corrected chi connectivity index (χ0v) is 28.3. The third-order valence-electron chi connectivity index (χ3n) is 9.77. The third-order valence-corrected chi connectivity index (χ3v) is 9.77. The molecular weight excluding hydrogens is 642 g/mol. The molecule has 7 heteroatoms. The summed E-state index contributed by atoms with van der Waals surface area (Å²) >= 11 is 0. The summed E-state index contributed by atoms with van der Waals surface area (Å²) < 4.78 is 47.7. The molecule has 0 fully saturated rings. The molecule has 0 N–H and O–H groups in total. The molecule has 2 heterocycles. The summed E-state index contributed by atoms with van der Waals surface area (Å²) in [4.78, 5) is 14.2. The normalized spacial score (nSPS) is 13.1. The molecule has 0 saturated heterocycles. The number of benzene rings is 6. The Balaban J connectivity index is 1.19. The second kappa shape index (κ2) is 12.4. The molecule has 0 amide bonds. The van der Waals surface area contributed by atoms with E-state index in [-0.39, 0.29) is 11.1 Å². The van der Waals surface area contributed by atoms with E-state index in [1.807, 2.05) is 60.7 Å². The fourth-order valence-corrected chi connectivity index (χ4v) is 6.86. The number of nitrogens with zero attached hydrogens (tertiary/aromatic N) is 4. The zero-order chi connectivity index (χ0) is 35.3. The van der Waals surface area contributed by atoms with E-state index in [1.165, 1.54) is 19.1 Å². The predicted molar refractivity (Wildman–Crippen MR) is 199 cm³/mol. The van der Waals surface area contributed by atoms with E-state index >= 15 is 13.2 Å². The molecular formula is C44H33F3N4. The Morgan fingerprint density at radius 3 is 1.27 bits per heavy atom. The first kappa shape index (κ1) is 32.1. The summed E-state index contributed by atoms with van der Waals surface area (Å²) in [5.41, 5.74) is 5.32. The maximum Gasteiger partial charge on any atom is 0.402 e. The molecule has 0 radical (unpaired) electrons. The topological polar surface area (TPSA) is 43.6 Å². The van der Waals surface area contributed by atoms with Crippen LogP contribution in [-0.2, 0) is 5.41 Å².